The lowest BCUT2D eigenvalue weighted by Crippen LogP contribution is -2.41. The number of aliphatic imine (C=N–C) groups is 2. The predicted molar refractivity (Wildman–Crippen MR) is 72.5 cm³/mol. The molecule has 0 spiro atoms. The highest BCUT2D eigenvalue weighted by Gasteiger charge is 2.32. The third-order valence-electron chi connectivity index (χ3n) is 2.72. The summed E-state index contributed by atoms with van der Waals surface area (Å²) in [6, 6.07) is 0.599. The third-order valence-corrected chi connectivity index (χ3v) is 4.87. The minimum atomic E-state index is 0.599. The maximum absolute atomic E-state index is 4.39. The van der Waals surface area contributed by atoms with E-state index in [9.17, 15) is 0 Å². The number of hydrogen-bond acceptors (Lipinski definition) is 5. The fourth-order valence-electron chi connectivity index (χ4n) is 1.92. The highest BCUT2D eigenvalue weighted by atomic mass is 127. The zero-order valence-corrected chi connectivity index (χ0v) is 11.1. The summed E-state index contributed by atoms with van der Waals surface area (Å²) < 4.78 is 1.15. The maximum Gasteiger partial charge on any atom is 0.177 e. The number of nitrogens with one attached hydrogen (secondary N) is 1. The molecule has 15 heavy (non-hydrogen) atoms. The molecular weight excluding hydrogens is 323 g/mol. The number of rotatable bonds is 1. The minimum Gasteiger partial charge on any atom is -0.361 e. The van der Waals surface area contributed by atoms with Crippen LogP contribution in [0.15, 0.2) is 20.7 Å². The van der Waals surface area contributed by atoms with E-state index in [2.05, 4.69) is 42.8 Å². The molecule has 6 heteroatoms. The Kier molecular flexibility index (Phi) is 2.63. The van der Waals surface area contributed by atoms with Crippen LogP contribution in [0.3, 0.4) is 0 Å². The molecular formula is C9H11IN4S. The van der Waals surface area contributed by atoms with E-state index in [1.54, 1.807) is 0 Å². The highest BCUT2D eigenvalue weighted by Crippen LogP contribution is 2.35. The van der Waals surface area contributed by atoms with Crippen LogP contribution >= 0.6 is 34.4 Å². The summed E-state index contributed by atoms with van der Waals surface area (Å²) in [5, 5.41) is 4.61. The van der Waals surface area contributed by atoms with Crippen LogP contribution in [0, 0.1) is 0 Å². The SMILES string of the molecule is ICC1CCSC2=C3NCN=C3N=CN21. The molecule has 0 aromatic rings. The zero-order valence-electron chi connectivity index (χ0n) is 8.11. The molecule has 80 valence electrons. The van der Waals surface area contributed by atoms with Gasteiger partial charge in [-0.05, 0) is 6.42 Å². The molecule has 3 aliphatic rings. The average molecular weight is 334 g/mol. The minimum absolute atomic E-state index is 0.599. The van der Waals surface area contributed by atoms with E-state index in [1.165, 1.54) is 17.2 Å². The van der Waals surface area contributed by atoms with Gasteiger partial charge in [0.15, 0.2) is 5.84 Å². The number of nitrogens with zero attached hydrogens (tertiary/aromatic N) is 3. The van der Waals surface area contributed by atoms with Gasteiger partial charge >= 0.3 is 0 Å². The van der Waals surface area contributed by atoms with Gasteiger partial charge in [-0.25, -0.2) is 9.98 Å². The van der Waals surface area contributed by atoms with E-state index in [0.717, 1.165) is 16.0 Å². The van der Waals surface area contributed by atoms with E-state index < -0.39 is 0 Å². The first kappa shape index (κ1) is 9.95. The van der Waals surface area contributed by atoms with Gasteiger partial charge in [0.25, 0.3) is 0 Å². The molecule has 3 aliphatic heterocycles. The van der Waals surface area contributed by atoms with E-state index in [4.69, 9.17) is 0 Å². The van der Waals surface area contributed by atoms with Gasteiger partial charge in [-0.3, -0.25) is 0 Å². The predicted octanol–water partition coefficient (Wildman–Crippen LogP) is 1.40. The van der Waals surface area contributed by atoms with Crippen molar-refractivity contribution in [3.05, 3.63) is 10.7 Å². The van der Waals surface area contributed by atoms with Crippen molar-refractivity contribution < 1.29 is 0 Å². The first-order valence-electron chi connectivity index (χ1n) is 4.94. The Bertz CT molecular complexity index is 376. The fraction of sp³-hybridized carbons (Fsp3) is 0.556. The number of alkyl halides is 1. The molecule has 3 rings (SSSR count). The van der Waals surface area contributed by atoms with E-state index >= 15 is 0 Å². The van der Waals surface area contributed by atoms with Gasteiger partial charge < -0.3 is 10.2 Å². The Morgan fingerprint density at radius 2 is 2.60 bits per heavy atom. The Hall–Kier alpha value is -0.240. The lowest BCUT2D eigenvalue weighted by atomic mass is 10.2. The normalized spacial score (nSPS) is 28.5. The van der Waals surface area contributed by atoms with Gasteiger partial charge in [0.2, 0.25) is 0 Å². The largest absolute Gasteiger partial charge is 0.361 e. The van der Waals surface area contributed by atoms with Crippen LogP contribution in [0.5, 0.6) is 0 Å². The van der Waals surface area contributed by atoms with Crippen LogP contribution in [-0.2, 0) is 0 Å². The van der Waals surface area contributed by atoms with Crippen LogP contribution < -0.4 is 5.32 Å². The first-order valence-corrected chi connectivity index (χ1v) is 7.45. The molecule has 1 atom stereocenters. The van der Waals surface area contributed by atoms with E-state index in [-0.39, 0.29) is 0 Å². The number of fused-ring (bicyclic) bond motifs is 2. The number of hydrogen-bond donors (Lipinski definition) is 1. The van der Waals surface area contributed by atoms with Gasteiger partial charge in [-0.15, -0.1) is 11.8 Å². The average Bonchev–Trinajstić information content (AvgIpc) is 2.76. The van der Waals surface area contributed by atoms with Crippen molar-refractivity contribution in [3.63, 3.8) is 0 Å². The van der Waals surface area contributed by atoms with Crippen molar-refractivity contribution in [1.82, 2.24) is 10.2 Å². The van der Waals surface area contributed by atoms with Crippen LogP contribution in [0.2, 0.25) is 0 Å². The standard InChI is InChI=1S/C9H11IN4S/c10-3-6-1-2-15-9-7-8(12-4-11-7)13-5-14(6)9/h5-6,11H,1-4H2. The molecule has 0 aromatic carbocycles. The van der Waals surface area contributed by atoms with Crippen molar-refractivity contribution >= 4 is 46.5 Å². The van der Waals surface area contributed by atoms with E-state index in [1.807, 2.05) is 18.1 Å². The highest BCUT2D eigenvalue weighted by molar-refractivity contribution is 14.1. The maximum atomic E-state index is 4.39. The summed E-state index contributed by atoms with van der Waals surface area (Å²) in [6.07, 6.45) is 3.18. The Balaban J connectivity index is 1.99. The lowest BCUT2D eigenvalue weighted by Gasteiger charge is -2.37. The second-order valence-electron chi connectivity index (χ2n) is 3.59. The molecule has 0 amide bonds. The van der Waals surface area contributed by atoms with Gasteiger partial charge in [0.05, 0.1) is 6.34 Å². The Labute approximate surface area is 106 Å². The summed E-state index contributed by atoms with van der Waals surface area (Å²) in [6.45, 7) is 0.675. The summed E-state index contributed by atoms with van der Waals surface area (Å²) in [4.78, 5) is 11.0. The van der Waals surface area contributed by atoms with Crippen molar-refractivity contribution in [2.75, 3.05) is 16.8 Å². The zero-order chi connectivity index (χ0) is 10.3. The van der Waals surface area contributed by atoms with Crippen molar-refractivity contribution in [2.24, 2.45) is 9.98 Å². The lowest BCUT2D eigenvalue weighted by molar-refractivity contribution is 0.417. The number of halogens is 1. The van der Waals surface area contributed by atoms with Crippen LogP contribution in [0.1, 0.15) is 6.42 Å². The monoisotopic (exact) mass is 334 g/mol. The van der Waals surface area contributed by atoms with Gasteiger partial charge in [-0.2, -0.15) is 0 Å². The summed E-state index contributed by atoms with van der Waals surface area (Å²) >= 11 is 4.36. The molecule has 0 saturated carbocycles. The fourth-order valence-corrected chi connectivity index (χ4v) is 4.02. The molecule has 1 fully saturated rings. The molecule has 3 heterocycles. The van der Waals surface area contributed by atoms with Crippen LogP contribution in [-0.4, -0.2) is 40.0 Å². The summed E-state index contributed by atoms with van der Waals surface area (Å²) in [5.74, 6) is 2.08. The molecule has 0 aliphatic carbocycles. The molecule has 1 saturated heterocycles. The van der Waals surface area contributed by atoms with Crippen LogP contribution in [0.25, 0.3) is 0 Å². The van der Waals surface area contributed by atoms with Crippen molar-refractivity contribution in [1.29, 1.82) is 0 Å². The van der Waals surface area contributed by atoms with Crippen molar-refractivity contribution in [2.45, 2.75) is 12.5 Å². The summed E-state index contributed by atoms with van der Waals surface area (Å²) in [5.41, 5.74) is 1.14. The topological polar surface area (TPSA) is 40.0 Å². The van der Waals surface area contributed by atoms with Crippen molar-refractivity contribution in [3.8, 4) is 0 Å². The summed E-state index contributed by atoms with van der Waals surface area (Å²) in [7, 11) is 0. The molecule has 1 unspecified atom stereocenters. The Morgan fingerprint density at radius 1 is 1.67 bits per heavy atom. The molecule has 0 radical (unpaired) electrons. The third kappa shape index (κ3) is 1.57. The van der Waals surface area contributed by atoms with Gasteiger partial charge in [-0.1, -0.05) is 22.6 Å². The van der Waals surface area contributed by atoms with Gasteiger partial charge in [0.1, 0.15) is 17.4 Å². The van der Waals surface area contributed by atoms with E-state index in [0.29, 0.717) is 12.7 Å². The molecule has 1 N–H and O–H groups in total. The number of amidine groups is 1. The smallest absolute Gasteiger partial charge is 0.177 e. The van der Waals surface area contributed by atoms with Crippen LogP contribution in [0.4, 0.5) is 0 Å². The van der Waals surface area contributed by atoms with Gasteiger partial charge in [0, 0.05) is 16.2 Å². The quantitative estimate of drug-likeness (QED) is 0.582. The second-order valence-corrected chi connectivity index (χ2v) is 5.56. The molecule has 0 aromatic heterocycles. The second kappa shape index (κ2) is 3.97. The molecule has 0 bridgehead atoms. The number of thioether (sulfide) groups is 1. The molecule has 4 nitrogen and oxygen atoms in total. The first-order chi connectivity index (χ1) is 7.40. The Morgan fingerprint density at radius 3 is 3.47 bits per heavy atom.